The Hall–Kier alpha value is 0.260. The molecule has 0 radical (unpaired) electrons. The van der Waals surface area contributed by atoms with Crippen molar-refractivity contribution in [3.63, 3.8) is 0 Å². The fourth-order valence-corrected chi connectivity index (χ4v) is 3.06. The highest BCUT2D eigenvalue weighted by molar-refractivity contribution is 7.98. The Labute approximate surface area is 105 Å². The Kier molecular flexibility index (Phi) is 9.46. The van der Waals surface area contributed by atoms with E-state index in [-0.39, 0.29) is 17.5 Å². The summed E-state index contributed by atoms with van der Waals surface area (Å²) in [5.41, 5.74) is 0. The summed E-state index contributed by atoms with van der Waals surface area (Å²) in [6, 6.07) is 0.0745. The number of nitrogens with one attached hydrogen (secondary N) is 1. The highest BCUT2D eigenvalue weighted by Gasteiger charge is 2.12. The lowest BCUT2D eigenvalue weighted by molar-refractivity contribution is 0.540. The zero-order chi connectivity index (χ0) is 12.4. The average molecular weight is 267 g/mol. The predicted molar refractivity (Wildman–Crippen MR) is 74.0 cm³/mol. The molecule has 0 aliphatic carbocycles. The number of hydrogen-bond acceptors (Lipinski definition) is 4. The van der Waals surface area contributed by atoms with Crippen molar-refractivity contribution in [1.82, 2.24) is 5.32 Å². The highest BCUT2D eigenvalue weighted by atomic mass is 32.2. The number of sulfone groups is 1. The Morgan fingerprint density at radius 1 is 1.25 bits per heavy atom. The van der Waals surface area contributed by atoms with Crippen LogP contribution in [0.4, 0.5) is 0 Å². The summed E-state index contributed by atoms with van der Waals surface area (Å²) >= 11 is 1.88. The molecule has 16 heavy (non-hydrogen) atoms. The van der Waals surface area contributed by atoms with Crippen molar-refractivity contribution >= 4 is 21.6 Å². The molecular formula is C11H25NO2S2. The lowest BCUT2D eigenvalue weighted by atomic mass is 10.2. The van der Waals surface area contributed by atoms with Crippen molar-refractivity contribution in [2.24, 2.45) is 0 Å². The minimum atomic E-state index is -2.84. The first-order chi connectivity index (χ1) is 7.52. The molecule has 1 unspecified atom stereocenters. The monoisotopic (exact) mass is 267 g/mol. The van der Waals surface area contributed by atoms with Crippen LogP contribution in [0, 0.1) is 0 Å². The summed E-state index contributed by atoms with van der Waals surface area (Å²) in [6.07, 6.45) is 5.73. The number of unbranched alkanes of at least 4 members (excludes halogenated alkanes) is 2. The third-order valence-electron chi connectivity index (χ3n) is 2.46. The SMILES string of the molecule is CCS(=O)(=O)CC(C)NCCCCCSC. The van der Waals surface area contributed by atoms with E-state index >= 15 is 0 Å². The minimum absolute atomic E-state index is 0.0745. The van der Waals surface area contributed by atoms with Crippen molar-refractivity contribution in [2.45, 2.75) is 39.2 Å². The quantitative estimate of drug-likeness (QED) is 0.614. The molecule has 0 aromatic heterocycles. The van der Waals surface area contributed by atoms with Gasteiger partial charge in [0.2, 0.25) is 0 Å². The van der Waals surface area contributed by atoms with E-state index in [0.717, 1.165) is 13.0 Å². The van der Waals surface area contributed by atoms with Gasteiger partial charge in [-0.3, -0.25) is 0 Å². The molecule has 0 rings (SSSR count). The van der Waals surface area contributed by atoms with Crippen molar-refractivity contribution in [1.29, 1.82) is 0 Å². The molecule has 98 valence electrons. The molecule has 3 nitrogen and oxygen atoms in total. The van der Waals surface area contributed by atoms with Crippen molar-refractivity contribution in [3.8, 4) is 0 Å². The molecule has 1 atom stereocenters. The van der Waals surface area contributed by atoms with Gasteiger partial charge in [0.05, 0.1) is 5.75 Å². The predicted octanol–water partition coefficient (Wildman–Crippen LogP) is 1.93. The summed E-state index contributed by atoms with van der Waals surface area (Å²) in [5, 5.41) is 3.26. The Bertz CT molecular complexity index is 253. The van der Waals surface area contributed by atoms with Gasteiger partial charge >= 0.3 is 0 Å². The molecule has 0 heterocycles. The van der Waals surface area contributed by atoms with Crippen LogP contribution in [0.1, 0.15) is 33.1 Å². The Morgan fingerprint density at radius 3 is 2.50 bits per heavy atom. The van der Waals surface area contributed by atoms with Crippen LogP contribution >= 0.6 is 11.8 Å². The maximum absolute atomic E-state index is 11.3. The zero-order valence-electron chi connectivity index (χ0n) is 10.7. The highest BCUT2D eigenvalue weighted by Crippen LogP contribution is 2.02. The second kappa shape index (κ2) is 9.31. The molecule has 0 fully saturated rings. The zero-order valence-corrected chi connectivity index (χ0v) is 12.3. The van der Waals surface area contributed by atoms with Gasteiger partial charge in [0.25, 0.3) is 0 Å². The summed E-state index contributed by atoms with van der Waals surface area (Å²) in [7, 11) is -2.84. The third kappa shape index (κ3) is 9.48. The number of hydrogen-bond donors (Lipinski definition) is 1. The van der Waals surface area contributed by atoms with Crippen molar-refractivity contribution in [3.05, 3.63) is 0 Å². The Morgan fingerprint density at radius 2 is 1.94 bits per heavy atom. The molecule has 0 aliphatic rings. The molecule has 0 spiro atoms. The summed E-state index contributed by atoms with van der Waals surface area (Å²) in [6.45, 7) is 4.56. The maximum Gasteiger partial charge on any atom is 0.151 e. The number of rotatable bonds is 10. The molecule has 0 bridgehead atoms. The first kappa shape index (κ1) is 16.3. The van der Waals surface area contributed by atoms with Gasteiger partial charge in [-0.25, -0.2) is 8.42 Å². The van der Waals surface area contributed by atoms with Crippen LogP contribution in [0.15, 0.2) is 0 Å². The topological polar surface area (TPSA) is 46.2 Å². The van der Waals surface area contributed by atoms with Crippen LogP contribution < -0.4 is 5.32 Å². The van der Waals surface area contributed by atoms with Crippen molar-refractivity contribution in [2.75, 3.05) is 30.1 Å². The van der Waals surface area contributed by atoms with Gasteiger partial charge in [0.1, 0.15) is 0 Å². The molecule has 0 saturated carbocycles. The second-order valence-corrected chi connectivity index (χ2v) is 7.49. The normalized spacial score (nSPS) is 13.9. The van der Waals surface area contributed by atoms with Gasteiger partial charge in [-0.15, -0.1) is 0 Å². The fraction of sp³-hybridized carbons (Fsp3) is 1.00. The molecular weight excluding hydrogens is 242 g/mol. The van der Waals surface area contributed by atoms with Gasteiger partial charge in [0.15, 0.2) is 9.84 Å². The molecule has 0 amide bonds. The van der Waals surface area contributed by atoms with Gasteiger partial charge in [-0.1, -0.05) is 13.3 Å². The third-order valence-corrected chi connectivity index (χ3v) is 5.05. The van der Waals surface area contributed by atoms with Crippen LogP contribution in [0.25, 0.3) is 0 Å². The Balaban J connectivity index is 3.48. The van der Waals surface area contributed by atoms with E-state index in [1.54, 1.807) is 6.92 Å². The van der Waals surface area contributed by atoms with Gasteiger partial charge < -0.3 is 5.32 Å². The molecule has 0 aromatic carbocycles. The maximum atomic E-state index is 11.3. The van der Waals surface area contributed by atoms with E-state index in [1.807, 2.05) is 18.7 Å². The fourth-order valence-electron chi connectivity index (χ4n) is 1.45. The van der Waals surface area contributed by atoms with Gasteiger partial charge in [0, 0.05) is 11.8 Å². The molecule has 5 heteroatoms. The van der Waals surface area contributed by atoms with Gasteiger partial charge in [-0.2, -0.15) is 11.8 Å². The van der Waals surface area contributed by atoms with Crippen molar-refractivity contribution < 1.29 is 8.42 Å². The average Bonchev–Trinajstić information content (AvgIpc) is 2.22. The molecule has 0 aliphatic heterocycles. The first-order valence-corrected chi connectivity index (χ1v) is 9.16. The minimum Gasteiger partial charge on any atom is -0.313 e. The van der Waals surface area contributed by atoms with E-state index < -0.39 is 9.84 Å². The van der Waals surface area contributed by atoms with E-state index in [2.05, 4.69) is 11.6 Å². The number of thioether (sulfide) groups is 1. The van der Waals surface area contributed by atoms with E-state index in [4.69, 9.17) is 0 Å². The largest absolute Gasteiger partial charge is 0.313 e. The lowest BCUT2D eigenvalue weighted by Gasteiger charge is -2.13. The molecule has 0 aromatic rings. The van der Waals surface area contributed by atoms with Crippen LogP contribution in [-0.2, 0) is 9.84 Å². The second-order valence-electron chi connectivity index (χ2n) is 4.11. The van der Waals surface area contributed by atoms with Crippen LogP contribution in [-0.4, -0.2) is 44.5 Å². The first-order valence-electron chi connectivity index (χ1n) is 5.94. The molecule has 1 N–H and O–H groups in total. The van der Waals surface area contributed by atoms with E-state index in [0.29, 0.717) is 0 Å². The summed E-state index contributed by atoms with van der Waals surface area (Å²) in [5.74, 6) is 1.72. The van der Waals surface area contributed by atoms with E-state index in [9.17, 15) is 8.42 Å². The lowest BCUT2D eigenvalue weighted by Crippen LogP contribution is -2.34. The van der Waals surface area contributed by atoms with Crippen LogP contribution in [0.2, 0.25) is 0 Å². The smallest absolute Gasteiger partial charge is 0.151 e. The summed E-state index contributed by atoms with van der Waals surface area (Å²) < 4.78 is 22.7. The van der Waals surface area contributed by atoms with Crippen LogP contribution in [0.3, 0.4) is 0 Å². The standard InChI is InChI=1S/C11H25NO2S2/c1-4-16(13,14)10-11(2)12-8-6-5-7-9-15-3/h11-12H,4-10H2,1-3H3. The van der Waals surface area contributed by atoms with Crippen LogP contribution in [0.5, 0.6) is 0 Å². The molecule has 0 saturated heterocycles. The van der Waals surface area contributed by atoms with Gasteiger partial charge in [-0.05, 0) is 38.3 Å². The summed E-state index contributed by atoms with van der Waals surface area (Å²) in [4.78, 5) is 0. The van der Waals surface area contributed by atoms with E-state index in [1.165, 1.54) is 18.6 Å².